The van der Waals surface area contributed by atoms with Gasteiger partial charge in [-0.3, -0.25) is 14.9 Å². The van der Waals surface area contributed by atoms with Crippen LogP contribution < -0.4 is 10.6 Å². The third-order valence-corrected chi connectivity index (χ3v) is 3.76. The molecule has 2 N–H and O–H groups in total. The lowest BCUT2D eigenvalue weighted by Crippen LogP contribution is -2.15. The highest BCUT2D eigenvalue weighted by Crippen LogP contribution is 2.24. The minimum atomic E-state index is -0.760. The number of hydrogen-bond donors (Lipinski definition) is 2. The number of carbonyl (C=O) groups is 1. The van der Waals surface area contributed by atoms with Crippen LogP contribution in [0.5, 0.6) is 0 Å². The van der Waals surface area contributed by atoms with Gasteiger partial charge in [0.25, 0.3) is 11.6 Å². The molecule has 2 aromatic carbocycles. The molecule has 126 valence electrons. The second-order valence-corrected chi connectivity index (χ2v) is 5.36. The number of halogens is 1. The Hall–Kier alpha value is -3.37. The van der Waals surface area contributed by atoms with E-state index in [2.05, 4.69) is 10.6 Å². The van der Waals surface area contributed by atoms with E-state index in [-0.39, 0.29) is 16.9 Å². The number of benzene rings is 2. The smallest absolute Gasteiger partial charge is 0.292 e. The van der Waals surface area contributed by atoms with Crippen molar-refractivity contribution in [3.05, 3.63) is 74.9 Å². The average Bonchev–Trinajstić information content (AvgIpc) is 2.59. The average molecular weight is 357 g/mol. The van der Waals surface area contributed by atoms with Gasteiger partial charge in [-0.1, -0.05) is 29.8 Å². The summed E-state index contributed by atoms with van der Waals surface area (Å²) >= 11 is 6.01. The van der Waals surface area contributed by atoms with Crippen LogP contribution in [0.3, 0.4) is 0 Å². The summed E-state index contributed by atoms with van der Waals surface area (Å²) in [5, 5.41) is 25.9. The highest BCUT2D eigenvalue weighted by molar-refractivity contribution is 6.31. The maximum atomic E-state index is 12.2. The molecule has 0 heterocycles. The van der Waals surface area contributed by atoms with E-state index in [4.69, 9.17) is 11.6 Å². The first-order chi connectivity index (χ1) is 11.9. The Labute approximate surface area is 148 Å². The van der Waals surface area contributed by atoms with E-state index < -0.39 is 10.8 Å². The van der Waals surface area contributed by atoms with Crippen molar-refractivity contribution in [1.29, 1.82) is 5.26 Å². The van der Waals surface area contributed by atoms with Gasteiger partial charge in [0, 0.05) is 23.0 Å². The first-order valence-electron chi connectivity index (χ1n) is 7.10. The van der Waals surface area contributed by atoms with Crippen LogP contribution in [0.15, 0.2) is 54.2 Å². The number of nitrogens with one attached hydrogen (secondary N) is 2. The van der Waals surface area contributed by atoms with Crippen molar-refractivity contribution in [3.63, 3.8) is 0 Å². The van der Waals surface area contributed by atoms with Gasteiger partial charge in [0.2, 0.25) is 0 Å². The van der Waals surface area contributed by atoms with Crippen molar-refractivity contribution in [2.75, 3.05) is 10.6 Å². The fourth-order valence-corrected chi connectivity index (χ4v) is 2.17. The molecule has 0 unspecified atom stereocenters. The molecule has 7 nitrogen and oxygen atoms in total. The number of anilines is 2. The van der Waals surface area contributed by atoms with Crippen molar-refractivity contribution in [3.8, 4) is 6.07 Å². The second-order valence-electron chi connectivity index (χ2n) is 4.95. The molecule has 0 bridgehead atoms. The molecule has 0 fully saturated rings. The first kappa shape index (κ1) is 18.0. The maximum absolute atomic E-state index is 12.2. The van der Waals surface area contributed by atoms with E-state index in [1.165, 1.54) is 24.4 Å². The van der Waals surface area contributed by atoms with Gasteiger partial charge in [-0.2, -0.15) is 5.26 Å². The zero-order chi connectivity index (χ0) is 18.4. The number of nitro groups is 1. The van der Waals surface area contributed by atoms with Crippen LogP contribution in [0.4, 0.5) is 17.1 Å². The fourth-order valence-electron chi connectivity index (χ4n) is 1.99. The molecule has 25 heavy (non-hydrogen) atoms. The molecular weight excluding hydrogens is 344 g/mol. The number of carbonyl (C=O) groups excluding carboxylic acids is 1. The van der Waals surface area contributed by atoms with Crippen molar-refractivity contribution in [1.82, 2.24) is 0 Å². The summed E-state index contributed by atoms with van der Waals surface area (Å²) in [6.45, 7) is 1.79. The Balaban J connectivity index is 2.21. The van der Waals surface area contributed by atoms with Crippen molar-refractivity contribution in [2.24, 2.45) is 0 Å². The summed E-state index contributed by atoms with van der Waals surface area (Å²) < 4.78 is 0. The van der Waals surface area contributed by atoms with Crippen molar-refractivity contribution >= 4 is 34.6 Å². The first-order valence-corrected chi connectivity index (χ1v) is 7.48. The summed E-state index contributed by atoms with van der Waals surface area (Å²) in [6, 6.07) is 12.6. The summed E-state index contributed by atoms with van der Waals surface area (Å²) in [4.78, 5) is 22.6. The molecule has 0 aliphatic heterocycles. The number of hydrogen-bond acceptors (Lipinski definition) is 5. The maximum Gasteiger partial charge on any atom is 0.292 e. The highest BCUT2D eigenvalue weighted by atomic mass is 35.5. The van der Waals surface area contributed by atoms with E-state index in [0.717, 1.165) is 5.56 Å². The normalized spacial score (nSPS) is 10.7. The summed E-state index contributed by atoms with van der Waals surface area (Å²) in [5.74, 6) is -0.760. The largest absolute Gasteiger partial charge is 0.360 e. The lowest BCUT2D eigenvalue weighted by Gasteiger charge is -2.08. The number of rotatable bonds is 5. The van der Waals surface area contributed by atoms with Gasteiger partial charge in [-0.25, -0.2) is 0 Å². The van der Waals surface area contributed by atoms with Gasteiger partial charge < -0.3 is 10.6 Å². The van der Waals surface area contributed by atoms with Crippen LogP contribution in [0, 0.1) is 28.4 Å². The van der Waals surface area contributed by atoms with Gasteiger partial charge in [0.1, 0.15) is 17.3 Å². The Morgan fingerprint density at radius 2 is 1.92 bits per heavy atom. The van der Waals surface area contributed by atoms with Gasteiger partial charge >= 0.3 is 0 Å². The molecule has 0 saturated heterocycles. The Morgan fingerprint density at radius 3 is 2.60 bits per heavy atom. The quantitative estimate of drug-likeness (QED) is 0.364. The Kier molecular flexibility index (Phi) is 5.71. The third kappa shape index (κ3) is 4.34. The Morgan fingerprint density at radius 1 is 1.24 bits per heavy atom. The minimum absolute atomic E-state index is 0.0117. The predicted octanol–water partition coefficient (Wildman–Crippen LogP) is 4.01. The molecular formula is C17H13ClN4O3. The van der Waals surface area contributed by atoms with E-state index in [1.54, 1.807) is 37.3 Å². The van der Waals surface area contributed by atoms with Crippen LogP contribution in [0.25, 0.3) is 0 Å². The minimum Gasteiger partial charge on any atom is -0.360 e. The molecule has 1 amide bonds. The predicted molar refractivity (Wildman–Crippen MR) is 95.2 cm³/mol. The summed E-state index contributed by atoms with van der Waals surface area (Å²) in [7, 11) is 0. The zero-order valence-electron chi connectivity index (χ0n) is 13.1. The Bertz CT molecular complexity index is 903. The van der Waals surface area contributed by atoms with Crippen molar-refractivity contribution in [2.45, 2.75) is 6.92 Å². The molecule has 0 saturated carbocycles. The molecule has 0 aliphatic rings. The summed E-state index contributed by atoms with van der Waals surface area (Å²) in [6.07, 6.45) is 1.22. The van der Waals surface area contributed by atoms with Crippen LogP contribution in [-0.4, -0.2) is 10.8 Å². The van der Waals surface area contributed by atoms with Gasteiger partial charge in [-0.05, 0) is 30.7 Å². The SMILES string of the molecule is Cc1c(Cl)cccc1N/C=C(/C#N)C(=O)Nc1ccccc1[N+](=O)[O-]. The van der Waals surface area contributed by atoms with E-state index >= 15 is 0 Å². The lowest BCUT2D eigenvalue weighted by atomic mass is 10.2. The summed E-state index contributed by atoms with van der Waals surface area (Å²) in [5.41, 5.74) is 0.914. The lowest BCUT2D eigenvalue weighted by molar-refractivity contribution is -0.383. The van der Waals surface area contributed by atoms with E-state index in [9.17, 15) is 20.2 Å². The number of nitriles is 1. The zero-order valence-corrected chi connectivity index (χ0v) is 13.9. The number of para-hydroxylation sites is 2. The second kappa shape index (κ2) is 7.95. The molecule has 2 rings (SSSR count). The molecule has 0 spiro atoms. The molecule has 0 radical (unpaired) electrons. The molecule has 0 atom stereocenters. The molecule has 8 heteroatoms. The number of nitrogens with zero attached hydrogens (tertiary/aromatic N) is 2. The standard InChI is InChI=1S/C17H13ClN4O3/c1-11-13(18)5-4-7-14(11)20-10-12(9-19)17(23)21-15-6-2-3-8-16(15)22(24)25/h2-8,10,20H,1H3,(H,21,23)/b12-10-. The van der Waals surface area contributed by atoms with Gasteiger partial charge in [0.05, 0.1) is 4.92 Å². The molecule has 2 aromatic rings. The van der Waals surface area contributed by atoms with E-state index in [1.807, 2.05) is 0 Å². The van der Waals surface area contributed by atoms with Crippen LogP contribution in [0.1, 0.15) is 5.56 Å². The topological polar surface area (TPSA) is 108 Å². The van der Waals surface area contributed by atoms with Crippen LogP contribution in [0.2, 0.25) is 5.02 Å². The number of nitro benzene ring substituents is 1. The molecule has 0 aromatic heterocycles. The van der Waals surface area contributed by atoms with Gasteiger partial charge in [0.15, 0.2) is 0 Å². The van der Waals surface area contributed by atoms with E-state index in [0.29, 0.717) is 10.7 Å². The fraction of sp³-hybridized carbons (Fsp3) is 0.0588. The van der Waals surface area contributed by atoms with Crippen molar-refractivity contribution < 1.29 is 9.72 Å². The molecule has 0 aliphatic carbocycles. The van der Waals surface area contributed by atoms with Gasteiger partial charge in [-0.15, -0.1) is 0 Å². The highest BCUT2D eigenvalue weighted by Gasteiger charge is 2.17. The third-order valence-electron chi connectivity index (χ3n) is 3.35. The number of amides is 1. The van der Waals surface area contributed by atoms with Crippen LogP contribution >= 0.6 is 11.6 Å². The van der Waals surface area contributed by atoms with Crippen LogP contribution in [-0.2, 0) is 4.79 Å². The monoisotopic (exact) mass is 356 g/mol.